The second kappa shape index (κ2) is 6.32. The van der Waals surface area contributed by atoms with E-state index in [1.807, 2.05) is 0 Å². The average Bonchev–Trinajstić information content (AvgIpc) is 1.64. The molecule has 0 heterocycles. The SMILES string of the molecule is CCN(C(C)C)C(C)C.[Os]. The van der Waals surface area contributed by atoms with Crippen molar-refractivity contribution in [3.63, 3.8) is 0 Å². The van der Waals surface area contributed by atoms with Gasteiger partial charge in [-0.15, -0.1) is 0 Å². The Bertz CT molecular complexity index is 63.7. The molecule has 0 atom stereocenters. The van der Waals surface area contributed by atoms with Gasteiger partial charge in [0.15, 0.2) is 0 Å². The van der Waals surface area contributed by atoms with Crippen LogP contribution >= 0.6 is 0 Å². The second-order valence-electron chi connectivity index (χ2n) is 3.02. The fourth-order valence-electron chi connectivity index (χ4n) is 1.33. The summed E-state index contributed by atoms with van der Waals surface area (Å²) in [5.74, 6) is 0. The van der Waals surface area contributed by atoms with Gasteiger partial charge in [0, 0.05) is 31.9 Å². The minimum Gasteiger partial charge on any atom is -0.299 e. The number of hydrogen-bond donors (Lipinski definition) is 0. The zero-order chi connectivity index (χ0) is 7.44. The molecule has 0 unspecified atom stereocenters. The van der Waals surface area contributed by atoms with E-state index in [0.29, 0.717) is 12.1 Å². The molecular formula is C8H19NOs. The summed E-state index contributed by atoms with van der Waals surface area (Å²) in [6, 6.07) is 1.38. The van der Waals surface area contributed by atoms with Crippen LogP contribution in [0, 0.1) is 0 Å². The molecule has 0 saturated carbocycles. The van der Waals surface area contributed by atoms with Crippen molar-refractivity contribution in [2.75, 3.05) is 6.54 Å². The fourth-order valence-corrected chi connectivity index (χ4v) is 1.33. The maximum atomic E-state index is 2.46. The van der Waals surface area contributed by atoms with Crippen molar-refractivity contribution < 1.29 is 19.8 Å². The Morgan fingerprint density at radius 2 is 1.30 bits per heavy atom. The van der Waals surface area contributed by atoms with Gasteiger partial charge in [0.1, 0.15) is 0 Å². The van der Waals surface area contributed by atoms with Crippen LogP contribution in [-0.4, -0.2) is 23.5 Å². The van der Waals surface area contributed by atoms with Crippen LogP contribution in [0.2, 0.25) is 0 Å². The van der Waals surface area contributed by atoms with E-state index in [-0.39, 0.29) is 19.8 Å². The first kappa shape index (κ1) is 13.2. The molecule has 0 aliphatic rings. The van der Waals surface area contributed by atoms with Gasteiger partial charge < -0.3 is 0 Å². The zero-order valence-corrected chi connectivity index (χ0v) is 10.2. The van der Waals surface area contributed by atoms with Crippen molar-refractivity contribution in [1.82, 2.24) is 4.90 Å². The Labute approximate surface area is 78.2 Å². The molecule has 0 rings (SSSR count). The zero-order valence-electron chi connectivity index (χ0n) is 7.66. The Kier molecular flexibility index (Phi) is 8.34. The molecule has 10 heavy (non-hydrogen) atoms. The van der Waals surface area contributed by atoms with Gasteiger partial charge in [0.25, 0.3) is 0 Å². The van der Waals surface area contributed by atoms with Gasteiger partial charge in [-0.1, -0.05) is 6.92 Å². The predicted octanol–water partition coefficient (Wildman–Crippen LogP) is 2.12. The molecule has 0 aromatic rings. The first-order valence-corrected chi connectivity index (χ1v) is 3.85. The van der Waals surface area contributed by atoms with E-state index in [0.717, 1.165) is 6.54 Å². The smallest absolute Gasteiger partial charge is 0.00411 e. The van der Waals surface area contributed by atoms with Gasteiger partial charge in [-0.3, -0.25) is 4.90 Å². The molecular weight excluding hydrogens is 300 g/mol. The van der Waals surface area contributed by atoms with Crippen LogP contribution in [0.3, 0.4) is 0 Å². The van der Waals surface area contributed by atoms with E-state index >= 15 is 0 Å². The topological polar surface area (TPSA) is 3.24 Å². The molecule has 1 nitrogen and oxygen atoms in total. The first-order valence-electron chi connectivity index (χ1n) is 3.85. The molecule has 2 heteroatoms. The molecule has 0 amide bonds. The van der Waals surface area contributed by atoms with Crippen LogP contribution < -0.4 is 0 Å². The van der Waals surface area contributed by atoms with E-state index in [2.05, 4.69) is 39.5 Å². The Hall–Kier alpha value is 0.596. The van der Waals surface area contributed by atoms with Gasteiger partial charge >= 0.3 is 0 Å². The Morgan fingerprint density at radius 1 is 1.00 bits per heavy atom. The first-order chi connectivity index (χ1) is 4.09. The van der Waals surface area contributed by atoms with Gasteiger partial charge in [-0.2, -0.15) is 0 Å². The molecule has 0 aliphatic heterocycles. The molecule has 0 aliphatic carbocycles. The third-order valence-corrected chi connectivity index (χ3v) is 1.69. The van der Waals surface area contributed by atoms with Crippen molar-refractivity contribution in [2.45, 2.75) is 46.7 Å². The number of rotatable bonds is 3. The van der Waals surface area contributed by atoms with Crippen LogP contribution in [0.15, 0.2) is 0 Å². The summed E-state index contributed by atoms with van der Waals surface area (Å²) in [6.07, 6.45) is 0. The molecule has 0 saturated heterocycles. The predicted molar refractivity (Wildman–Crippen MR) is 42.7 cm³/mol. The maximum absolute atomic E-state index is 2.46. The molecule has 0 spiro atoms. The van der Waals surface area contributed by atoms with Crippen molar-refractivity contribution in [1.29, 1.82) is 0 Å². The third kappa shape index (κ3) is 4.42. The molecule has 0 aromatic carbocycles. The summed E-state index contributed by atoms with van der Waals surface area (Å²) in [4.78, 5) is 2.46. The number of nitrogens with zero attached hydrogens (tertiary/aromatic N) is 1. The molecule has 0 radical (unpaired) electrons. The van der Waals surface area contributed by atoms with E-state index in [1.54, 1.807) is 0 Å². The van der Waals surface area contributed by atoms with Gasteiger partial charge in [-0.25, -0.2) is 0 Å². The summed E-state index contributed by atoms with van der Waals surface area (Å²) >= 11 is 0. The quantitative estimate of drug-likeness (QED) is 0.770. The van der Waals surface area contributed by atoms with Crippen molar-refractivity contribution in [3.05, 3.63) is 0 Å². The summed E-state index contributed by atoms with van der Waals surface area (Å²) in [5.41, 5.74) is 0. The van der Waals surface area contributed by atoms with Crippen LogP contribution in [0.25, 0.3) is 0 Å². The molecule has 0 fully saturated rings. The normalized spacial score (nSPS) is 10.8. The molecule has 0 aromatic heterocycles. The van der Waals surface area contributed by atoms with Crippen molar-refractivity contribution in [3.8, 4) is 0 Å². The fraction of sp³-hybridized carbons (Fsp3) is 1.00. The minimum atomic E-state index is 0. The summed E-state index contributed by atoms with van der Waals surface area (Å²) in [6.45, 7) is 12.3. The van der Waals surface area contributed by atoms with E-state index in [4.69, 9.17) is 0 Å². The summed E-state index contributed by atoms with van der Waals surface area (Å²) < 4.78 is 0. The van der Waals surface area contributed by atoms with Crippen LogP contribution in [0.4, 0.5) is 0 Å². The van der Waals surface area contributed by atoms with Crippen LogP contribution in [0.5, 0.6) is 0 Å². The van der Waals surface area contributed by atoms with Crippen molar-refractivity contribution >= 4 is 0 Å². The Morgan fingerprint density at radius 3 is 1.30 bits per heavy atom. The van der Waals surface area contributed by atoms with E-state index < -0.39 is 0 Å². The van der Waals surface area contributed by atoms with Crippen LogP contribution in [0.1, 0.15) is 34.6 Å². The van der Waals surface area contributed by atoms with Gasteiger partial charge in [0.2, 0.25) is 0 Å². The average molecular weight is 319 g/mol. The second-order valence-corrected chi connectivity index (χ2v) is 3.02. The maximum Gasteiger partial charge on any atom is 0.00411 e. The largest absolute Gasteiger partial charge is 0.299 e. The van der Waals surface area contributed by atoms with Crippen LogP contribution in [-0.2, 0) is 19.8 Å². The van der Waals surface area contributed by atoms with E-state index in [1.165, 1.54) is 0 Å². The molecule has 0 bridgehead atoms. The summed E-state index contributed by atoms with van der Waals surface area (Å²) in [5, 5.41) is 0. The monoisotopic (exact) mass is 321 g/mol. The number of hydrogen-bond acceptors (Lipinski definition) is 1. The van der Waals surface area contributed by atoms with Gasteiger partial charge in [0.05, 0.1) is 0 Å². The Balaban J connectivity index is 0. The standard InChI is InChI=1S/C8H19N.Os/c1-6-9(7(2)3)8(4)5;/h7-8H,6H2,1-5H3;. The summed E-state index contributed by atoms with van der Waals surface area (Å²) in [7, 11) is 0. The van der Waals surface area contributed by atoms with E-state index in [9.17, 15) is 0 Å². The molecule has 64 valence electrons. The minimum absolute atomic E-state index is 0. The third-order valence-electron chi connectivity index (χ3n) is 1.69. The van der Waals surface area contributed by atoms with Gasteiger partial charge in [-0.05, 0) is 34.2 Å². The molecule has 0 N–H and O–H groups in total. The van der Waals surface area contributed by atoms with Crippen molar-refractivity contribution in [2.24, 2.45) is 0 Å².